The molecule has 3 heteroatoms. The summed E-state index contributed by atoms with van der Waals surface area (Å²) in [6.45, 7) is 9.31. The summed E-state index contributed by atoms with van der Waals surface area (Å²) in [7, 11) is 1.72. The highest BCUT2D eigenvalue weighted by Gasteiger charge is 2.26. The Balaban J connectivity index is 2.42. The molecule has 0 bridgehead atoms. The molecule has 1 saturated heterocycles. The van der Waals surface area contributed by atoms with Crippen LogP contribution in [-0.4, -0.2) is 50.0 Å². The van der Waals surface area contributed by atoms with Gasteiger partial charge in [0, 0.05) is 26.2 Å². The van der Waals surface area contributed by atoms with E-state index in [0.29, 0.717) is 18.8 Å². The van der Waals surface area contributed by atoms with Crippen LogP contribution in [0.5, 0.6) is 0 Å². The van der Waals surface area contributed by atoms with Crippen molar-refractivity contribution in [2.75, 3.05) is 26.8 Å². The molecule has 1 heterocycles. The lowest BCUT2D eigenvalue weighted by Gasteiger charge is -2.38. The minimum Gasteiger partial charge on any atom is -0.382 e. The molecular formula is C10H21NO2. The van der Waals surface area contributed by atoms with E-state index < -0.39 is 0 Å². The molecule has 0 radical (unpaired) electrons. The van der Waals surface area contributed by atoms with Crippen molar-refractivity contribution in [1.82, 2.24) is 4.90 Å². The Morgan fingerprint density at radius 3 is 2.69 bits per heavy atom. The van der Waals surface area contributed by atoms with Crippen molar-refractivity contribution >= 4 is 0 Å². The summed E-state index contributed by atoms with van der Waals surface area (Å²) in [5.41, 5.74) is 0. The molecule has 0 N–H and O–H groups in total. The van der Waals surface area contributed by atoms with E-state index in [4.69, 9.17) is 9.47 Å². The van der Waals surface area contributed by atoms with Gasteiger partial charge in [0.15, 0.2) is 0 Å². The summed E-state index contributed by atoms with van der Waals surface area (Å²) in [6.07, 6.45) is 0.576. The van der Waals surface area contributed by atoms with Crippen molar-refractivity contribution in [1.29, 1.82) is 0 Å². The first-order valence-electron chi connectivity index (χ1n) is 5.02. The molecule has 1 rings (SSSR count). The van der Waals surface area contributed by atoms with Gasteiger partial charge in [-0.15, -0.1) is 0 Å². The van der Waals surface area contributed by atoms with Gasteiger partial charge in [-0.25, -0.2) is 0 Å². The first-order chi connectivity index (χ1) is 6.13. The number of rotatable bonds is 3. The van der Waals surface area contributed by atoms with E-state index in [2.05, 4.69) is 25.7 Å². The summed E-state index contributed by atoms with van der Waals surface area (Å²) in [5.74, 6) is 0. The summed E-state index contributed by atoms with van der Waals surface area (Å²) in [4.78, 5) is 2.44. The fourth-order valence-electron chi connectivity index (χ4n) is 1.78. The van der Waals surface area contributed by atoms with Crippen LogP contribution in [0, 0.1) is 0 Å². The third-order valence-electron chi connectivity index (χ3n) is 2.44. The van der Waals surface area contributed by atoms with Crippen LogP contribution in [0.1, 0.15) is 20.8 Å². The second-order valence-corrected chi connectivity index (χ2v) is 4.07. The Morgan fingerprint density at radius 1 is 1.46 bits per heavy atom. The number of ether oxygens (including phenoxy) is 2. The Hall–Kier alpha value is -0.120. The Bertz CT molecular complexity index is 150. The summed E-state index contributed by atoms with van der Waals surface area (Å²) in [6, 6.07) is 0.603. The van der Waals surface area contributed by atoms with Gasteiger partial charge in [0.05, 0.1) is 18.8 Å². The molecule has 0 saturated carbocycles. The van der Waals surface area contributed by atoms with Crippen LogP contribution in [0.4, 0.5) is 0 Å². The maximum atomic E-state index is 5.74. The molecule has 1 fully saturated rings. The van der Waals surface area contributed by atoms with E-state index in [1.807, 2.05) is 0 Å². The standard InChI is InChI=1S/C10H21NO2/c1-8(2)11-5-9(3)13-10(6-11)7-12-4/h8-10H,5-7H2,1-4H3/t9-,10-/m0/s1. The van der Waals surface area contributed by atoms with Gasteiger partial charge >= 0.3 is 0 Å². The minimum absolute atomic E-state index is 0.246. The molecule has 13 heavy (non-hydrogen) atoms. The van der Waals surface area contributed by atoms with Crippen molar-refractivity contribution in [3.8, 4) is 0 Å². The van der Waals surface area contributed by atoms with Crippen molar-refractivity contribution in [2.24, 2.45) is 0 Å². The molecule has 1 aliphatic rings. The minimum atomic E-state index is 0.246. The molecule has 3 nitrogen and oxygen atoms in total. The summed E-state index contributed by atoms with van der Waals surface area (Å²) in [5, 5.41) is 0. The molecule has 2 atom stereocenters. The Labute approximate surface area is 81.0 Å². The highest BCUT2D eigenvalue weighted by Crippen LogP contribution is 2.13. The number of nitrogens with zero attached hydrogens (tertiary/aromatic N) is 1. The van der Waals surface area contributed by atoms with E-state index in [1.54, 1.807) is 7.11 Å². The van der Waals surface area contributed by atoms with Crippen molar-refractivity contribution in [2.45, 2.75) is 39.0 Å². The second-order valence-electron chi connectivity index (χ2n) is 4.07. The zero-order chi connectivity index (χ0) is 9.84. The van der Waals surface area contributed by atoms with Crippen LogP contribution in [-0.2, 0) is 9.47 Å². The second kappa shape index (κ2) is 4.94. The van der Waals surface area contributed by atoms with Gasteiger partial charge in [-0.1, -0.05) is 0 Å². The fourth-order valence-corrected chi connectivity index (χ4v) is 1.78. The normalized spacial score (nSPS) is 31.2. The van der Waals surface area contributed by atoms with E-state index in [-0.39, 0.29) is 6.10 Å². The van der Waals surface area contributed by atoms with Crippen LogP contribution in [0.25, 0.3) is 0 Å². The lowest BCUT2D eigenvalue weighted by Crippen LogP contribution is -2.50. The van der Waals surface area contributed by atoms with Gasteiger partial charge < -0.3 is 9.47 Å². The average molecular weight is 187 g/mol. The van der Waals surface area contributed by atoms with Gasteiger partial charge in [-0.2, -0.15) is 0 Å². The smallest absolute Gasteiger partial charge is 0.0939 e. The molecule has 0 amide bonds. The van der Waals surface area contributed by atoms with Gasteiger partial charge in [-0.05, 0) is 20.8 Å². The predicted octanol–water partition coefficient (Wildman–Crippen LogP) is 1.13. The molecule has 0 aromatic rings. The number of methoxy groups -OCH3 is 1. The van der Waals surface area contributed by atoms with Crippen molar-refractivity contribution in [3.05, 3.63) is 0 Å². The Morgan fingerprint density at radius 2 is 2.15 bits per heavy atom. The topological polar surface area (TPSA) is 21.7 Å². The molecule has 0 aromatic carbocycles. The van der Waals surface area contributed by atoms with Gasteiger partial charge in [-0.3, -0.25) is 4.90 Å². The van der Waals surface area contributed by atoms with E-state index in [9.17, 15) is 0 Å². The quantitative estimate of drug-likeness (QED) is 0.661. The van der Waals surface area contributed by atoms with Crippen LogP contribution < -0.4 is 0 Å². The van der Waals surface area contributed by atoms with Gasteiger partial charge in [0.25, 0.3) is 0 Å². The predicted molar refractivity (Wildman–Crippen MR) is 52.9 cm³/mol. The lowest BCUT2D eigenvalue weighted by atomic mass is 10.2. The van der Waals surface area contributed by atoms with Crippen LogP contribution in [0.3, 0.4) is 0 Å². The van der Waals surface area contributed by atoms with Crippen LogP contribution in [0.15, 0.2) is 0 Å². The SMILES string of the molecule is COC[C@@H]1CN(C(C)C)C[C@H](C)O1. The zero-order valence-electron chi connectivity index (χ0n) is 9.12. The van der Waals surface area contributed by atoms with Crippen LogP contribution in [0.2, 0.25) is 0 Å². The summed E-state index contributed by atoms with van der Waals surface area (Å²) < 4.78 is 10.8. The molecule has 0 aliphatic carbocycles. The first kappa shape index (κ1) is 11.0. The molecule has 0 spiro atoms. The van der Waals surface area contributed by atoms with E-state index in [1.165, 1.54) is 0 Å². The molecule has 0 aromatic heterocycles. The zero-order valence-corrected chi connectivity index (χ0v) is 9.12. The van der Waals surface area contributed by atoms with Gasteiger partial charge in [0.1, 0.15) is 0 Å². The first-order valence-corrected chi connectivity index (χ1v) is 5.02. The van der Waals surface area contributed by atoms with Crippen molar-refractivity contribution in [3.63, 3.8) is 0 Å². The van der Waals surface area contributed by atoms with E-state index >= 15 is 0 Å². The third-order valence-corrected chi connectivity index (χ3v) is 2.44. The maximum Gasteiger partial charge on any atom is 0.0939 e. The third kappa shape index (κ3) is 3.25. The fraction of sp³-hybridized carbons (Fsp3) is 1.00. The largest absolute Gasteiger partial charge is 0.382 e. The average Bonchev–Trinajstić information content (AvgIpc) is 2.03. The monoisotopic (exact) mass is 187 g/mol. The van der Waals surface area contributed by atoms with E-state index in [0.717, 1.165) is 13.1 Å². The number of hydrogen-bond donors (Lipinski definition) is 0. The van der Waals surface area contributed by atoms with Crippen molar-refractivity contribution < 1.29 is 9.47 Å². The Kier molecular flexibility index (Phi) is 4.16. The number of hydrogen-bond acceptors (Lipinski definition) is 3. The maximum absolute atomic E-state index is 5.74. The molecule has 1 aliphatic heterocycles. The molecule has 78 valence electrons. The number of morpholine rings is 1. The van der Waals surface area contributed by atoms with Crippen LogP contribution >= 0.6 is 0 Å². The molecule has 0 unspecified atom stereocenters. The summed E-state index contributed by atoms with van der Waals surface area (Å²) >= 11 is 0. The molecular weight excluding hydrogens is 166 g/mol. The lowest BCUT2D eigenvalue weighted by molar-refractivity contribution is -0.107. The van der Waals surface area contributed by atoms with Gasteiger partial charge in [0.2, 0.25) is 0 Å². The highest BCUT2D eigenvalue weighted by atomic mass is 16.5. The highest BCUT2D eigenvalue weighted by molar-refractivity contribution is 4.77.